The third-order valence-corrected chi connectivity index (χ3v) is 5.57. The summed E-state index contributed by atoms with van der Waals surface area (Å²) in [6.07, 6.45) is -2.65. The van der Waals surface area contributed by atoms with E-state index in [1.165, 1.54) is 26.1 Å². The Labute approximate surface area is 169 Å². The van der Waals surface area contributed by atoms with Crippen LogP contribution < -0.4 is 16.4 Å². The van der Waals surface area contributed by atoms with Gasteiger partial charge < -0.3 is 10.3 Å². The zero-order valence-electron chi connectivity index (χ0n) is 16.7. The first-order chi connectivity index (χ1) is 14.1. The second kappa shape index (κ2) is 7.00. The number of hydrogen-bond acceptors (Lipinski definition) is 4. The third kappa shape index (κ3) is 3.48. The van der Waals surface area contributed by atoms with Gasteiger partial charge in [0.05, 0.1) is 22.4 Å². The number of H-pyrrole nitrogens is 1. The van der Waals surface area contributed by atoms with Crippen LogP contribution in [0.25, 0.3) is 10.8 Å². The molecule has 0 spiro atoms. The Morgan fingerprint density at radius 2 is 1.97 bits per heavy atom. The van der Waals surface area contributed by atoms with Crippen LogP contribution in [0.15, 0.2) is 33.9 Å². The molecule has 6 nitrogen and oxygen atoms in total. The van der Waals surface area contributed by atoms with E-state index in [1.54, 1.807) is 13.0 Å². The highest BCUT2D eigenvalue weighted by molar-refractivity contribution is 5.93. The maximum atomic E-state index is 13.3. The zero-order valence-corrected chi connectivity index (χ0v) is 16.7. The largest absolute Gasteiger partial charge is 0.416 e. The summed E-state index contributed by atoms with van der Waals surface area (Å²) in [4.78, 5) is 27.5. The molecule has 0 radical (unpaired) electrons. The first-order valence-corrected chi connectivity index (χ1v) is 9.65. The van der Waals surface area contributed by atoms with Gasteiger partial charge in [-0.3, -0.25) is 9.59 Å². The van der Waals surface area contributed by atoms with E-state index in [4.69, 9.17) is 0 Å². The average Bonchev–Trinajstić information content (AvgIpc) is 3.49. The van der Waals surface area contributed by atoms with Gasteiger partial charge in [-0.05, 0) is 49.8 Å². The zero-order chi connectivity index (χ0) is 21.8. The van der Waals surface area contributed by atoms with Crippen molar-refractivity contribution in [2.75, 3.05) is 5.32 Å². The summed E-state index contributed by atoms with van der Waals surface area (Å²) >= 11 is 0. The van der Waals surface area contributed by atoms with E-state index in [-0.39, 0.29) is 22.4 Å². The van der Waals surface area contributed by atoms with E-state index in [1.807, 2.05) is 0 Å². The number of fused-ring (bicyclic) bond motifs is 1. The number of benzene rings is 1. The summed E-state index contributed by atoms with van der Waals surface area (Å²) in [6.45, 7) is 3.18. The maximum Gasteiger partial charge on any atom is 0.416 e. The number of nitrogens with zero attached hydrogens (tertiary/aromatic N) is 2. The van der Waals surface area contributed by atoms with Crippen LogP contribution in [0.3, 0.4) is 0 Å². The maximum absolute atomic E-state index is 13.3. The van der Waals surface area contributed by atoms with Crippen LogP contribution in [0.1, 0.15) is 54.1 Å². The van der Waals surface area contributed by atoms with Gasteiger partial charge in [0.2, 0.25) is 5.56 Å². The second-order valence-electron chi connectivity index (χ2n) is 7.77. The Morgan fingerprint density at radius 3 is 2.60 bits per heavy atom. The second-order valence-corrected chi connectivity index (χ2v) is 7.77. The number of rotatable bonds is 4. The molecule has 158 valence electrons. The van der Waals surface area contributed by atoms with E-state index in [9.17, 15) is 22.8 Å². The SMILES string of the molecule is Cc1c(C(C)Nc2nn(C)c(=O)c3cc(=O)[nH]c(C4CC4)c23)cccc1C(F)(F)F. The van der Waals surface area contributed by atoms with Crippen LogP contribution in [0, 0.1) is 6.92 Å². The predicted octanol–water partition coefficient (Wildman–Crippen LogP) is 4.00. The van der Waals surface area contributed by atoms with Crippen LogP contribution in [0.5, 0.6) is 0 Å². The van der Waals surface area contributed by atoms with Crippen LogP contribution in [-0.2, 0) is 13.2 Å². The molecular weight excluding hydrogens is 397 g/mol. The van der Waals surface area contributed by atoms with Gasteiger partial charge in [-0.2, -0.15) is 18.3 Å². The smallest absolute Gasteiger partial charge is 0.362 e. The fourth-order valence-corrected chi connectivity index (χ4v) is 3.91. The Kier molecular flexibility index (Phi) is 4.71. The van der Waals surface area contributed by atoms with E-state index in [0.717, 1.165) is 23.6 Å². The van der Waals surface area contributed by atoms with Crippen LogP contribution >= 0.6 is 0 Å². The summed E-state index contributed by atoms with van der Waals surface area (Å²) in [5, 5.41) is 8.26. The fourth-order valence-electron chi connectivity index (χ4n) is 3.91. The standard InChI is InChI=1S/C21H21F3N4O2/c1-10-13(5-4-6-15(10)21(22,23)24)11(2)25-19-17-14(20(30)28(3)27-19)9-16(29)26-18(17)12-7-8-12/h4-6,9,11-12H,7-8H2,1-3H3,(H,25,27)(H,26,29). The monoisotopic (exact) mass is 418 g/mol. The van der Waals surface area contributed by atoms with E-state index in [0.29, 0.717) is 22.5 Å². The lowest BCUT2D eigenvalue weighted by molar-refractivity contribution is -0.138. The van der Waals surface area contributed by atoms with Crippen molar-refractivity contribution in [3.05, 3.63) is 67.4 Å². The Morgan fingerprint density at radius 1 is 1.27 bits per heavy atom. The van der Waals surface area contributed by atoms with Crippen molar-refractivity contribution in [2.45, 2.75) is 44.8 Å². The first kappa shape index (κ1) is 20.2. The van der Waals surface area contributed by atoms with E-state index in [2.05, 4.69) is 15.4 Å². The Hall–Kier alpha value is -3.10. The van der Waals surface area contributed by atoms with Crippen molar-refractivity contribution in [2.24, 2.45) is 7.05 Å². The highest BCUT2D eigenvalue weighted by Crippen LogP contribution is 2.43. The molecule has 1 aromatic carbocycles. The van der Waals surface area contributed by atoms with Crippen LogP contribution in [0.2, 0.25) is 0 Å². The highest BCUT2D eigenvalue weighted by Gasteiger charge is 2.34. The van der Waals surface area contributed by atoms with Crippen LogP contribution in [0.4, 0.5) is 19.0 Å². The number of aromatic amines is 1. The van der Waals surface area contributed by atoms with Gasteiger partial charge in [0, 0.05) is 18.8 Å². The molecule has 2 aromatic heterocycles. The normalized spacial score (nSPS) is 15.4. The average molecular weight is 418 g/mol. The van der Waals surface area contributed by atoms with Gasteiger partial charge in [0.1, 0.15) is 0 Å². The molecule has 0 saturated heterocycles. The minimum atomic E-state index is -4.44. The number of anilines is 1. The minimum Gasteiger partial charge on any atom is -0.362 e. The molecule has 1 aliphatic rings. The molecule has 1 fully saturated rings. The van der Waals surface area contributed by atoms with Crippen molar-refractivity contribution >= 4 is 16.6 Å². The molecule has 9 heteroatoms. The van der Waals surface area contributed by atoms with E-state index < -0.39 is 23.3 Å². The molecule has 2 N–H and O–H groups in total. The van der Waals surface area contributed by atoms with Crippen molar-refractivity contribution in [1.82, 2.24) is 14.8 Å². The predicted molar refractivity (Wildman–Crippen MR) is 108 cm³/mol. The van der Waals surface area contributed by atoms with Gasteiger partial charge in [-0.25, -0.2) is 4.68 Å². The van der Waals surface area contributed by atoms with Crippen molar-refractivity contribution in [1.29, 1.82) is 0 Å². The lowest BCUT2D eigenvalue weighted by Gasteiger charge is -2.21. The molecule has 1 unspecified atom stereocenters. The van der Waals surface area contributed by atoms with Gasteiger partial charge in [0.25, 0.3) is 5.56 Å². The third-order valence-electron chi connectivity index (χ3n) is 5.57. The van der Waals surface area contributed by atoms with Gasteiger partial charge in [0.15, 0.2) is 5.82 Å². The van der Waals surface area contributed by atoms with Crippen molar-refractivity contribution < 1.29 is 13.2 Å². The topological polar surface area (TPSA) is 79.8 Å². The van der Waals surface area contributed by atoms with Crippen molar-refractivity contribution in [3.8, 4) is 0 Å². The minimum absolute atomic E-state index is 0.134. The summed E-state index contributed by atoms with van der Waals surface area (Å²) in [6, 6.07) is 4.80. The molecule has 4 rings (SSSR count). The lowest BCUT2D eigenvalue weighted by Crippen LogP contribution is -2.25. The van der Waals surface area contributed by atoms with Gasteiger partial charge >= 0.3 is 6.18 Å². The lowest BCUT2D eigenvalue weighted by atomic mass is 9.97. The van der Waals surface area contributed by atoms with E-state index >= 15 is 0 Å². The fraction of sp³-hybridized carbons (Fsp3) is 0.381. The number of pyridine rings is 1. The number of halogens is 3. The molecule has 3 aromatic rings. The Bertz CT molecular complexity index is 1260. The quantitative estimate of drug-likeness (QED) is 0.671. The summed E-state index contributed by atoms with van der Waals surface area (Å²) in [7, 11) is 1.48. The van der Waals surface area contributed by atoms with Crippen LogP contribution in [-0.4, -0.2) is 14.8 Å². The van der Waals surface area contributed by atoms with Crippen molar-refractivity contribution in [3.63, 3.8) is 0 Å². The molecule has 1 saturated carbocycles. The number of nitrogens with one attached hydrogen (secondary N) is 2. The molecule has 1 aliphatic carbocycles. The molecular formula is C21H21F3N4O2. The summed E-state index contributed by atoms with van der Waals surface area (Å²) in [5.74, 6) is 0.496. The molecule has 30 heavy (non-hydrogen) atoms. The number of hydrogen-bond donors (Lipinski definition) is 2. The molecule has 2 heterocycles. The Balaban J connectivity index is 1.85. The molecule has 0 amide bonds. The highest BCUT2D eigenvalue weighted by atomic mass is 19.4. The molecule has 1 atom stereocenters. The molecule has 0 aliphatic heterocycles. The first-order valence-electron chi connectivity index (χ1n) is 9.65. The number of aromatic nitrogens is 3. The number of alkyl halides is 3. The summed E-state index contributed by atoms with van der Waals surface area (Å²) < 4.78 is 41.1. The summed E-state index contributed by atoms with van der Waals surface area (Å²) in [5.41, 5.74) is -0.180. The van der Waals surface area contributed by atoms with Gasteiger partial charge in [-0.1, -0.05) is 12.1 Å². The number of aryl methyl sites for hydroxylation is 1. The molecule has 0 bridgehead atoms. The van der Waals surface area contributed by atoms with Gasteiger partial charge in [-0.15, -0.1) is 0 Å².